The van der Waals surface area contributed by atoms with E-state index in [-0.39, 0.29) is 0 Å². The van der Waals surface area contributed by atoms with E-state index in [4.69, 9.17) is 18.0 Å². The Labute approximate surface area is 120 Å². The van der Waals surface area contributed by atoms with E-state index < -0.39 is 0 Å². The van der Waals surface area contributed by atoms with Gasteiger partial charge in [0.05, 0.1) is 11.3 Å². The van der Waals surface area contributed by atoms with Gasteiger partial charge in [-0.3, -0.25) is 0 Å². The van der Waals surface area contributed by atoms with Crippen molar-refractivity contribution in [3.63, 3.8) is 0 Å². The minimum atomic E-state index is 0.415. The second kappa shape index (κ2) is 5.41. The molecule has 0 amide bonds. The molecule has 0 aliphatic carbocycles. The maximum atomic E-state index is 5.88. The Morgan fingerprint density at radius 3 is 2.58 bits per heavy atom. The Morgan fingerprint density at radius 2 is 2.05 bits per heavy atom. The van der Waals surface area contributed by atoms with Crippen molar-refractivity contribution < 1.29 is 0 Å². The minimum absolute atomic E-state index is 0.415. The summed E-state index contributed by atoms with van der Waals surface area (Å²) in [6.07, 6.45) is 1.20. The van der Waals surface area contributed by atoms with Crippen LogP contribution < -0.4 is 10.6 Å². The smallest absolute Gasteiger partial charge is 0.161 e. The van der Waals surface area contributed by atoms with E-state index in [2.05, 4.69) is 28.9 Å². The van der Waals surface area contributed by atoms with Gasteiger partial charge in [0.2, 0.25) is 0 Å². The molecule has 1 unspecified atom stereocenters. The first kappa shape index (κ1) is 14.2. The third-order valence-electron chi connectivity index (χ3n) is 4.15. The van der Waals surface area contributed by atoms with E-state index in [1.165, 1.54) is 6.42 Å². The van der Waals surface area contributed by atoms with Crippen LogP contribution in [0.4, 0.5) is 5.82 Å². The van der Waals surface area contributed by atoms with E-state index in [1.807, 2.05) is 13.8 Å². The standard InChI is InChI=1S/C14H22N4S/c1-8(2)11-5-6-18(7-11)14-12(13(15)19)9(3)10(4)16-17-14/h8,11H,5-7H2,1-4H3,(H2,15,19). The van der Waals surface area contributed by atoms with Gasteiger partial charge in [0.25, 0.3) is 0 Å². The number of rotatable bonds is 3. The minimum Gasteiger partial charge on any atom is -0.389 e. The highest BCUT2D eigenvalue weighted by molar-refractivity contribution is 7.80. The van der Waals surface area contributed by atoms with Gasteiger partial charge in [0.1, 0.15) is 4.99 Å². The first-order chi connectivity index (χ1) is 8.91. The zero-order valence-corrected chi connectivity index (χ0v) is 12.9. The van der Waals surface area contributed by atoms with E-state index in [0.717, 1.165) is 35.7 Å². The largest absolute Gasteiger partial charge is 0.389 e. The van der Waals surface area contributed by atoms with Crippen LogP contribution in [0.15, 0.2) is 0 Å². The highest BCUT2D eigenvalue weighted by Crippen LogP contribution is 2.30. The number of thiocarbonyl (C=S) groups is 1. The van der Waals surface area contributed by atoms with Gasteiger partial charge in [0, 0.05) is 13.1 Å². The molecule has 1 fully saturated rings. The Hall–Kier alpha value is -1.23. The molecule has 2 rings (SSSR count). The molecule has 1 atom stereocenters. The average molecular weight is 278 g/mol. The molecule has 1 saturated heterocycles. The molecule has 4 nitrogen and oxygen atoms in total. The summed E-state index contributed by atoms with van der Waals surface area (Å²) < 4.78 is 0. The summed E-state index contributed by atoms with van der Waals surface area (Å²) in [5.41, 5.74) is 8.72. The fraction of sp³-hybridized carbons (Fsp3) is 0.643. The molecular weight excluding hydrogens is 256 g/mol. The molecule has 5 heteroatoms. The van der Waals surface area contributed by atoms with Gasteiger partial charge in [-0.15, -0.1) is 5.10 Å². The molecule has 0 spiro atoms. The quantitative estimate of drug-likeness (QED) is 0.859. The molecule has 2 heterocycles. The van der Waals surface area contributed by atoms with Crippen LogP contribution in [0.1, 0.15) is 37.1 Å². The first-order valence-electron chi connectivity index (χ1n) is 6.80. The maximum absolute atomic E-state index is 5.88. The molecule has 1 aliphatic heterocycles. The van der Waals surface area contributed by atoms with Crippen molar-refractivity contribution in [1.29, 1.82) is 0 Å². The van der Waals surface area contributed by atoms with Crippen molar-refractivity contribution in [2.45, 2.75) is 34.1 Å². The molecule has 2 N–H and O–H groups in total. The molecule has 1 aliphatic rings. The lowest BCUT2D eigenvalue weighted by Gasteiger charge is -2.22. The van der Waals surface area contributed by atoms with Crippen molar-refractivity contribution in [2.24, 2.45) is 17.6 Å². The van der Waals surface area contributed by atoms with Crippen LogP contribution in [-0.4, -0.2) is 28.3 Å². The van der Waals surface area contributed by atoms with Gasteiger partial charge in [-0.2, -0.15) is 5.10 Å². The Bertz CT molecular complexity index is 498. The molecule has 1 aromatic heterocycles. The third-order valence-corrected chi connectivity index (χ3v) is 4.35. The van der Waals surface area contributed by atoms with Crippen LogP contribution in [0.25, 0.3) is 0 Å². The van der Waals surface area contributed by atoms with E-state index in [9.17, 15) is 0 Å². The molecule has 0 radical (unpaired) electrons. The van der Waals surface area contributed by atoms with Crippen molar-refractivity contribution in [3.05, 3.63) is 16.8 Å². The third kappa shape index (κ3) is 2.71. The van der Waals surface area contributed by atoms with Gasteiger partial charge >= 0.3 is 0 Å². The zero-order chi connectivity index (χ0) is 14.2. The highest BCUT2D eigenvalue weighted by Gasteiger charge is 2.28. The molecule has 19 heavy (non-hydrogen) atoms. The van der Waals surface area contributed by atoms with Crippen molar-refractivity contribution in [3.8, 4) is 0 Å². The number of anilines is 1. The molecule has 0 saturated carbocycles. The fourth-order valence-electron chi connectivity index (χ4n) is 2.64. The van der Waals surface area contributed by atoms with E-state index in [0.29, 0.717) is 16.8 Å². The number of nitrogens with two attached hydrogens (primary N) is 1. The predicted octanol–water partition coefficient (Wildman–Crippen LogP) is 2.21. The second-order valence-corrected chi connectivity index (χ2v) is 6.15. The van der Waals surface area contributed by atoms with Gasteiger partial charge in [-0.25, -0.2) is 0 Å². The summed E-state index contributed by atoms with van der Waals surface area (Å²) >= 11 is 5.20. The summed E-state index contributed by atoms with van der Waals surface area (Å²) in [6, 6.07) is 0. The summed E-state index contributed by atoms with van der Waals surface area (Å²) in [5, 5.41) is 8.57. The Balaban J connectivity index is 2.36. The summed E-state index contributed by atoms with van der Waals surface area (Å²) in [7, 11) is 0. The van der Waals surface area contributed by atoms with Crippen LogP contribution in [0.3, 0.4) is 0 Å². The maximum Gasteiger partial charge on any atom is 0.161 e. The van der Waals surface area contributed by atoms with E-state index in [1.54, 1.807) is 0 Å². The molecule has 1 aromatic rings. The number of hydrogen-bond acceptors (Lipinski definition) is 4. The molecule has 0 bridgehead atoms. The Kier molecular flexibility index (Phi) is 4.04. The number of nitrogens with zero attached hydrogens (tertiary/aromatic N) is 3. The normalized spacial score (nSPS) is 19.2. The molecule has 0 aromatic carbocycles. The molecular formula is C14H22N4S. The van der Waals surface area contributed by atoms with Crippen LogP contribution in [-0.2, 0) is 0 Å². The predicted molar refractivity (Wildman–Crippen MR) is 82.6 cm³/mol. The summed E-state index contributed by atoms with van der Waals surface area (Å²) in [6.45, 7) is 10.5. The highest BCUT2D eigenvalue weighted by atomic mass is 32.1. The number of aryl methyl sites for hydroxylation is 1. The second-order valence-electron chi connectivity index (χ2n) is 5.71. The van der Waals surface area contributed by atoms with Crippen molar-refractivity contribution in [1.82, 2.24) is 10.2 Å². The zero-order valence-electron chi connectivity index (χ0n) is 12.1. The summed E-state index contributed by atoms with van der Waals surface area (Å²) in [4.78, 5) is 2.69. The first-order valence-corrected chi connectivity index (χ1v) is 7.21. The van der Waals surface area contributed by atoms with Gasteiger partial charge < -0.3 is 10.6 Å². The average Bonchev–Trinajstić information content (AvgIpc) is 2.81. The molecule has 104 valence electrons. The topological polar surface area (TPSA) is 55.0 Å². The van der Waals surface area contributed by atoms with E-state index >= 15 is 0 Å². The van der Waals surface area contributed by atoms with Crippen LogP contribution in [0.2, 0.25) is 0 Å². The van der Waals surface area contributed by atoms with Crippen LogP contribution in [0.5, 0.6) is 0 Å². The fourth-order valence-corrected chi connectivity index (χ4v) is 2.88. The van der Waals surface area contributed by atoms with Gasteiger partial charge in [-0.1, -0.05) is 26.1 Å². The lowest BCUT2D eigenvalue weighted by Crippen LogP contribution is -2.27. The van der Waals surface area contributed by atoms with Gasteiger partial charge in [-0.05, 0) is 37.7 Å². The summed E-state index contributed by atoms with van der Waals surface area (Å²) in [5.74, 6) is 2.26. The van der Waals surface area contributed by atoms with Crippen LogP contribution in [0, 0.1) is 25.7 Å². The number of hydrogen-bond donors (Lipinski definition) is 1. The van der Waals surface area contributed by atoms with Crippen molar-refractivity contribution in [2.75, 3.05) is 18.0 Å². The SMILES string of the molecule is Cc1nnc(N2CCC(C(C)C)C2)c(C(N)=S)c1C. The number of aromatic nitrogens is 2. The van der Waals surface area contributed by atoms with Gasteiger partial charge in [0.15, 0.2) is 5.82 Å². The van der Waals surface area contributed by atoms with Crippen molar-refractivity contribution >= 4 is 23.0 Å². The lowest BCUT2D eigenvalue weighted by molar-refractivity contribution is 0.422. The lowest BCUT2D eigenvalue weighted by atomic mass is 9.95. The van der Waals surface area contributed by atoms with Crippen LogP contribution >= 0.6 is 12.2 Å². The monoisotopic (exact) mass is 278 g/mol. The Morgan fingerprint density at radius 1 is 1.37 bits per heavy atom.